The number of nitrogens with zero attached hydrogens (tertiary/aromatic N) is 1. The number of carboxylic acids is 1. The normalized spacial score (nSPS) is 12.5. The second-order valence-electron chi connectivity index (χ2n) is 3.65. The van der Waals surface area contributed by atoms with E-state index >= 15 is 0 Å². The molecule has 0 aliphatic carbocycles. The van der Waals surface area contributed by atoms with Crippen LogP contribution < -0.4 is 0 Å². The molecule has 1 rings (SSSR count). The molecule has 1 aromatic rings. The summed E-state index contributed by atoms with van der Waals surface area (Å²) < 4.78 is 0. The SMILES string of the molecule is Cc1ccc(C)c(C(C)CC(=O)O)n1. The Morgan fingerprint density at radius 2 is 2.14 bits per heavy atom. The number of aryl methyl sites for hydroxylation is 2. The number of carbonyl (C=O) groups is 1. The molecular weight excluding hydrogens is 178 g/mol. The van der Waals surface area contributed by atoms with E-state index in [1.165, 1.54) is 0 Å². The first-order chi connectivity index (χ1) is 6.50. The molecule has 76 valence electrons. The van der Waals surface area contributed by atoms with E-state index in [1.807, 2.05) is 32.9 Å². The van der Waals surface area contributed by atoms with Gasteiger partial charge in [-0.3, -0.25) is 9.78 Å². The summed E-state index contributed by atoms with van der Waals surface area (Å²) >= 11 is 0. The highest BCUT2D eigenvalue weighted by Crippen LogP contribution is 2.20. The third-order valence-electron chi connectivity index (χ3n) is 2.22. The quantitative estimate of drug-likeness (QED) is 0.801. The average Bonchev–Trinajstić information content (AvgIpc) is 2.08. The van der Waals surface area contributed by atoms with Crippen molar-refractivity contribution in [2.24, 2.45) is 0 Å². The summed E-state index contributed by atoms with van der Waals surface area (Å²) in [6, 6.07) is 3.92. The summed E-state index contributed by atoms with van der Waals surface area (Å²) in [5, 5.41) is 8.68. The fourth-order valence-electron chi connectivity index (χ4n) is 1.50. The van der Waals surface area contributed by atoms with Gasteiger partial charge in [0.05, 0.1) is 6.42 Å². The van der Waals surface area contributed by atoms with Crippen LogP contribution in [0.25, 0.3) is 0 Å². The zero-order chi connectivity index (χ0) is 10.7. The lowest BCUT2D eigenvalue weighted by molar-refractivity contribution is -0.137. The lowest BCUT2D eigenvalue weighted by Gasteiger charge is -2.11. The van der Waals surface area contributed by atoms with Crippen LogP contribution in [0.15, 0.2) is 12.1 Å². The number of carboxylic acid groups (broad SMARTS) is 1. The highest BCUT2D eigenvalue weighted by Gasteiger charge is 2.13. The van der Waals surface area contributed by atoms with Gasteiger partial charge in [0.15, 0.2) is 0 Å². The summed E-state index contributed by atoms with van der Waals surface area (Å²) in [5.74, 6) is -0.799. The topological polar surface area (TPSA) is 50.2 Å². The number of hydrogen-bond donors (Lipinski definition) is 1. The molecule has 0 radical (unpaired) electrons. The summed E-state index contributed by atoms with van der Waals surface area (Å²) in [6.07, 6.45) is 0.136. The fraction of sp³-hybridized carbons (Fsp3) is 0.455. The Balaban J connectivity index is 2.93. The van der Waals surface area contributed by atoms with Crippen molar-refractivity contribution in [3.05, 3.63) is 29.1 Å². The van der Waals surface area contributed by atoms with Crippen LogP contribution in [0.5, 0.6) is 0 Å². The summed E-state index contributed by atoms with van der Waals surface area (Å²) in [7, 11) is 0. The minimum atomic E-state index is -0.778. The second-order valence-corrected chi connectivity index (χ2v) is 3.65. The molecule has 1 N–H and O–H groups in total. The van der Waals surface area contributed by atoms with E-state index < -0.39 is 5.97 Å². The molecule has 1 atom stereocenters. The first kappa shape index (κ1) is 10.7. The Labute approximate surface area is 83.8 Å². The van der Waals surface area contributed by atoms with Crippen molar-refractivity contribution in [3.8, 4) is 0 Å². The van der Waals surface area contributed by atoms with E-state index in [2.05, 4.69) is 4.98 Å². The number of pyridine rings is 1. The van der Waals surface area contributed by atoms with Gasteiger partial charge in [0.2, 0.25) is 0 Å². The third-order valence-corrected chi connectivity index (χ3v) is 2.22. The third kappa shape index (κ3) is 2.55. The molecule has 3 heteroatoms. The van der Waals surface area contributed by atoms with Gasteiger partial charge in [-0.1, -0.05) is 13.0 Å². The molecule has 0 bridgehead atoms. The van der Waals surface area contributed by atoms with Crippen molar-refractivity contribution in [2.45, 2.75) is 33.1 Å². The van der Waals surface area contributed by atoms with Crippen LogP contribution in [-0.4, -0.2) is 16.1 Å². The zero-order valence-corrected chi connectivity index (χ0v) is 8.74. The Morgan fingerprint density at radius 1 is 1.50 bits per heavy atom. The highest BCUT2D eigenvalue weighted by molar-refractivity contribution is 5.67. The largest absolute Gasteiger partial charge is 0.481 e. The predicted octanol–water partition coefficient (Wildman–Crippen LogP) is 2.28. The minimum absolute atomic E-state index is 0.0209. The molecular formula is C11H15NO2. The number of rotatable bonds is 3. The molecule has 0 spiro atoms. The first-order valence-electron chi connectivity index (χ1n) is 4.66. The van der Waals surface area contributed by atoms with Crippen LogP contribution in [0.4, 0.5) is 0 Å². The van der Waals surface area contributed by atoms with Crippen LogP contribution >= 0.6 is 0 Å². The average molecular weight is 193 g/mol. The monoisotopic (exact) mass is 193 g/mol. The van der Waals surface area contributed by atoms with Gasteiger partial charge in [-0.15, -0.1) is 0 Å². The van der Waals surface area contributed by atoms with E-state index in [9.17, 15) is 4.79 Å². The molecule has 1 aromatic heterocycles. The highest BCUT2D eigenvalue weighted by atomic mass is 16.4. The number of hydrogen-bond acceptors (Lipinski definition) is 2. The minimum Gasteiger partial charge on any atom is -0.481 e. The Bertz CT molecular complexity index is 347. The number of aliphatic carboxylic acids is 1. The molecule has 14 heavy (non-hydrogen) atoms. The smallest absolute Gasteiger partial charge is 0.304 e. The second kappa shape index (κ2) is 4.22. The van der Waals surface area contributed by atoms with Gasteiger partial charge in [-0.25, -0.2) is 0 Å². The fourth-order valence-corrected chi connectivity index (χ4v) is 1.50. The van der Waals surface area contributed by atoms with Gasteiger partial charge in [0.1, 0.15) is 0 Å². The standard InChI is InChI=1S/C11H15NO2/c1-7-4-5-9(3)12-11(7)8(2)6-10(13)14/h4-5,8H,6H2,1-3H3,(H,13,14). The van der Waals surface area contributed by atoms with Crippen LogP contribution in [0.1, 0.15) is 36.2 Å². The molecule has 0 saturated heterocycles. The maximum absolute atomic E-state index is 10.6. The summed E-state index contributed by atoms with van der Waals surface area (Å²) in [4.78, 5) is 14.9. The molecule has 0 fully saturated rings. The van der Waals surface area contributed by atoms with Crippen molar-refractivity contribution >= 4 is 5.97 Å². The Hall–Kier alpha value is -1.38. The zero-order valence-electron chi connectivity index (χ0n) is 8.74. The van der Waals surface area contributed by atoms with Gasteiger partial charge in [0, 0.05) is 17.3 Å². The summed E-state index contributed by atoms with van der Waals surface area (Å²) in [6.45, 7) is 5.76. The van der Waals surface area contributed by atoms with E-state index in [-0.39, 0.29) is 12.3 Å². The van der Waals surface area contributed by atoms with E-state index in [0.29, 0.717) is 0 Å². The maximum atomic E-state index is 10.6. The Morgan fingerprint density at radius 3 is 2.71 bits per heavy atom. The molecule has 1 unspecified atom stereocenters. The van der Waals surface area contributed by atoms with E-state index in [0.717, 1.165) is 17.0 Å². The predicted molar refractivity (Wildman–Crippen MR) is 54.4 cm³/mol. The molecule has 0 aliphatic heterocycles. The lowest BCUT2D eigenvalue weighted by atomic mass is 9.99. The van der Waals surface area contributed by atoms with Crippen molar-refractivity contribution in [2.75, 3.05) is 0 Å². The Kier molecular flexibility index (Phi) is 3.23. The molecule has 1 heterocycles. The van der Waals surface area contributed by atoms with Crippen LogP contribution in [0.2, 0.25) is 0 Å². The van der Waals surface area contributed by atoms with Gasteiger partial charge in [0.25, 0.3) is 0 Å². The van der Waals surface area contributed by atoms with E-state index in [4.69, 9.17) is 5.11 Å². The number of aromatic nitrogens is 1. The lowest BCUT2D eigenvalue weighted by Crippen LogP contribution is -2.07. The van der Waals surface area contributed by atoms with Crippen molar-refractivity contribution in [1.29, 1.82) is 0 Å². The molecule has 3 nitrogen and oxygen atoms in total. The molecule has 0 amide bonds. The molecule has 0 aliphatic rings. The van der Waals surface area contributed by atoms with Crippen molar-refractivity contribution < 1.29 is 9.90 Å². The molecule has 0 saturated carbocycles. The van der Waals surface area contributed by atoms with Crippen molar-refractivity contribution in [1.82, 2.24) is 4.98 Å². The van der Waals surface area contributed by atoms with Gasteiger partial charge in [-0.05, 0) is 25.5 Å². The van der Waals surface area contributed by atoms with Crippen molar-refractivity contribution in [3.63, 3.8) is 0 Å². The maximum Gasteiger partial charge on any atom is 0.304 e. The van der Waals surface area contributed by atoms with Gasteiger partial charge < -0.3 is 5.11 Å². The van der Waals surface area contributed by atoms with Crippen LogP contribution in [0, 0.1) is 13.8 Å². The first-order valence-corrected chi connectivity index (χ1v) is 4.66. The van der Waals surface area contributed by atoms with Gasteiger partial charge >= 0.3 is 5.97 Å². The van der Waals surface area contributed by atoms with Gasteiger partial charge in [-0.2, -0.15) is 0 Å². The molecule has 0 aromatic carbocycles. The summed E-state index contributed by atoms with van der Waals surface area (Å²) in [5.41, 5.74) is 2.89. The van der Waals surface area contributed by atoms with Crippen LogP contribution in [-0.2, 0) is 4.79 Å². The van der Waals surface area contributed by atoms with Crippen LogP contribution in [0.3, 0.4) is 0 Å². The van der Waals surface area contributed by atoms with E-state index in [1.54, 1.807) is 0 Å².